The molecule has 2 bridgehead atoms. The molecule has 4 heterocycles. The van der Waals surface area contributed by atoms with Gasteiger partial charge in [0, 0.05) is 29.8 Å². The van der Waals surface area contributed by atoms with Crippen LogP contribution in [0.2, 0.25) is 0 Å². The largest absolute Gasteiger partial charge is 0.497 e. The van der Waals surface area contributed by atoms with Gasteiger partial charge in [-0.1, -0.05) is 100 Å². The highest BCUT2D eigenvalue weighted by Gasteiger charge is 2.67. The van der Waals surface area contributed by atoms with E-state index in [1.807, 2.05) is 117 Å². The molecule has 2 aliphatic heterocycles. The lowest BCUT2D eigenvalue weighted by Crippen LogP contribution is -2.55. The number of imidazole rings is 1. The SMILES string of the molecule is COc1ccc(C(OC[C@@]23CO[C@@H]([C@H](n4cnc5c(NC(=O)c6ccccc6)ncnc54)O2)[C@@H]3N(CCC#N)P(=O)(C(C)C)C(C)C)(c2ccccc2)c2ccc(OC)cc2)cc1. The van der Waals surface area contributed by atoms with Gasteiger partial charge in [0.25, 0.3) is 5.91 Å². The molecule has 6 aromatic rings. The first-order chi connectivity index (χ1) is 30.5. The molecule has 2 saturated heterocycles. The first-order valence-corrected chi connectivity index (χ1v) is 22.9. The van der Waals surface area contributed by atoms with E-state index in [4.69, 9.17) is 28.7 Å². The van der Waals surface area contributed by atoms with Crippen LogP contribution in [0.15, 0.2) is 122 Å². The van der Waals surface area contributed by atoms with Gasteiger partial charge >= 0.3 is 0 Å². The summed E-state index contributed by atoms with van der Waals surface area (Å²) in [7, 11) is 0.0105. The fourth-order valence-electron chi connectivity index (χ4n) is 9.23. The smallest absolute Gasteiger partial charge is 0.256 e. The third-order valence-electron chi connectivity index (χ3n) is 12.3. The minimum atomic E-state index is -3.25. The monoisotopic (exact) mass is 869 g/mol. The zero-order valence-electron chi connectivity index (χ0n) is 36.3. The van der Waals surface area contributed by atoms with Gasteiger partial charge < -0.3 is 33.6 Å². The first-order valence-electron chi connectivity index (χ1n) is 21.1. The van der Waals surface area contributed by atoms with Crippen molar-refractivity contribution in [1.29, 1.82) is 5.26 Å². The fourth-order valence-corrected chi connectivity index (χ4v) is 12.7. The van der Waals surface area contributed by atoms with E-state index in [2.05, 4.69) is 21.4 Å². The molecular weight excluding hydrogens is 818 g/mol. The molecule has 4 aromatic carbocycles. The van der Waals surface area contributed by atoms with Crippen molar-refractivity contribution in [2.45, 2.75) is 75.0 Å². The van der Waals surface area contributed by atoms with Crippen molar-refractivity contribution < 1.29 is 33.0 Å². The Morgan fingerprint density at radius 3 is 2.05 bits per heavy atom. The highest BCUT2D eigenvalue weighted by Crippen LogP contribution is 2.64. The Kier molecular flexibility index (Phi) is 12.5. The minimum absolute atomic E-state index is 0.0309. The molecule has 4 atom stereocenters. The topological polar surface area (TPSA) is 163 Å². The van der Waals surface area contributed by atoms with Crippen LogP contribution in [0.3, 0.4) is 0 Å². The van der Waals surface area contributed by atoms with E-state index in [9.17, 15) is 10.1 Å². The van der Waals surface area contributed by atoms with Crippen LogP contribution in [0, 0.1) is 11.3 Å². The molecule has 0 spiro atoms. The van der Waals surface area contributed by atoms with Crippen molar-refractivity contribution in [3.63, 3.8) is 0 Å². The number of benzene rings is 4. The summed E-state index contributed by atoms with van der Waals surface area (Å²) in [6, 6.07) is 36.1. The van der Waals surface area contributed by atoms with E-state index in [1.54, 1.807) is 49.4 Å². The summed E-state index contributed by atoms with van der Waals surface area (Å²) in [4.78, 5) is 27.0. The van der Waals surface area contributed by atoms with Gasteiger partial charge in [-0.2, -0.15) is 5.26 Å². The average Bonchev–Trinajstić information content (AvgIpc) is 4.01. The van der Waals surface area contributed by atoms with Crippen molar-refractivity contribution >= 4 is 30.2 Å². The first kappa shape index (κ1) is 43.7. The molecule has 0 unspecified atom stereocenters. The van der Waals surface area contributed by atoms with E-state index < -0.39 is 36.9 Å². The van der Waals surface area contributed by atoms with E-state index in [0.29, 0.717) is 28.2 Å². The van der Waals surface area contributed by atoms with Crippen molar-refractivity contribution in [3.8, 4) is 17.6 Å². The van der Waals surface area contributed by atoms with E-state index in [1.165, 1.54) is 6.33 Å². The Morgan fingerprint density at radius 1 is 0.889 bits per heavy atom. The number of carbonyl (C=O) groups is 1. The zero-order valence-corrected chi connectivity index (χ0v) is 37.1. The Labute approximate surface area is 367 Å². The van der Waals surface area contributed by atoms with Crippen LogP contribution >= 0.6 is 7.29 Å². The van der Waals surface area contributed by atoms with Gasteiger partial charge in [0.1, 0.15) is 35.1 Å². The number of nitrogens with zero attached hydrogens (tertiary/aromatic N) is 6. The summed E-state index contributed by atoms with van der Waals surface area (Å²) < 4.78 is 52.3. The molecule has 2 aliphatic rings. The van der Waals surface area contributed by atoms with Gasteiger partial charge in [-0.15, -0.1) is 0 Å². The van der Waals surface area contributed by atoms with Crippen LogP contribution in [-0.4, -0.2) is 93.1 Å². The molecule has 15 heteroatoms. The number of hydrogen-bond donors (Lipinski definition) is 1. The maximum absolute atomic E-state index is 15.7. The number of nitriles is 1. The molecule has 63 heavy (non-hydrogen) atoms. The van der Waals surface area contributed by atoms with Crippen molar-refractivity contribution in [2.75, 3.05) is 39.3 Å². The maximum atomic E-state index is 15.7. The lowest BCUT2D eigenvalue weighted by atomic mass is 9.79. The highest BCUT2D eigenvalue weighted by molar-refractivity contribution is 7.62. The molecule has 1 amide bonds. The molecular formula is C48H52N7O7P. The third-order valence-corrected chi connectivity index (χ3v) is 16.5. The molecule has 8 rings (SSSR count). The summed E-state index contributed by atoms with van der Waals surface area (Å²) in [6.45, 7) is 8.18. The third kappa shape index (κ3) is 7.79. The molecule has 2 fully saturated rings. The van der Waals surface area contributed by atoms with Crippen molar-refractivity contribution in [3.05, 3.63) is 144 Å². The predicted octanol–water partition coefficient (Wildman–Crippen LogP) is 8.45. The van der Waals surface area contributed by atoms with Crippen LogP contribution in [-0.2, 0) is 24.4 Å². The Bertz CT molecular complexity index is 2560. The Balaban J connectivity index is 1.27. The number of fused-ring (bicyclic) bond motifs is 3. The number of hydrogen-bond acceptors (Lipinski definition) is 11. The Morgan fingerprint density at radius 2 is 1.48 bits per heavy atom. The minimum Gasteiger partial charge on any atom is -0.497 e. The molecule has 2 aromatic heterocycles. The standard InChI is InChI=1S/C48H52N7O7P/c1-32(2)63(57,33(3)4)55(27-13-26-49)42-41-46(54-31-52-40-43(50-30-51-44(40)54)53-45(56)34-14-9-7-10-15-34)62-47(42,28-60-41)29-61-48(35-16-11-8-12-17-35,36-18-22-38(58-5)23-19-36)37-20-24-39(59-6)25-21-37/h7-12,14-25,30-33,41-42,46H,13,27-29H2,1-6H3,(H,50,51,53,56)/t41-,42+,46-,47-/m1/s1. The van der Waals surface area contributed by atoms with Crippen LogP contribution in [0.25, 0.3) is 11.2 Å². The number of nitrogens with one attached hydrogen (secondary N) is 1. The lowest BCUT2D eigenvalue weighted by molar-refractivity contribution is -0.200. The predicted molar refractivity (Wildman–Crippen MR) is 239 cm³/mol. The van der Waals surface area contributed by atoms with E-state index in [0.717, 1.165) is 16.7 Å². The van der Waals surface area contributed by atoms with Gasteiger partial charge in [-0.05, 0) is 53.1 Å². The highest BCUT2D eigenvalue weighted by atomic mass is 31.2. The second kappa shape index (κ2) is 18.0. The van der Waals surface area contributed by atoms with Gasteiger partial charge in [0.05, 0.1) is 45.9 Å². The molecule has 14 nitrogen and oxygen atoms in total. The van der Waals surface area contributed by atoms with Gasteiger partial charge in [-0.25, -0.2) is 19.6 Å². The van der Waals surface area contributed by atoms with Crippen LogP contribution in [0.5, 0.6) is 11.5 Å². The number of rotatable bonds is 17. The Hall–Kier alpha value is -5.94. The second-order valence-electron chi connectivity index (χ2n) is 16.4. The van der Waals surface area contributed by atoms with Gasteiger partial charge in [0.2, 0.25) is 0 Å². The number of methoxy groups -OCH3 is 2. The van der Waals surface area contributed by atoms with Crippen LogP contribution < -0.4 is 14.8 Å². The summed E-state index contributed by atoms with van der Waals surface area (Å²) in [5.41, 5.74) is 0.774. The van der Waals surface area contributed by atoms with Crippen LogP contribution in [0.4, 0.5) is 5.82 Å². The molecule has 1 N–H and O–H groups in total. The normalized spacial score (nSPS) is 19.8. The van der Waals surface area contributed by atoms with Gasteiger partial charge in [0.15, 0.2) is 30.5 Å². The average molecular weight is 870 g/mol. The van der Waals surface area contributed by atoms with Gasteiger partial charge in [-0.3, -0.25) is 9.36 Å². The van der Waals surface area contributed by atoms with Crippen molar-refractivity contribution in [1.82, 2.24) is 24.2 Å². The van der Waals surface area contributed by atoms with E-state index >= 15 is 4.57 Å². The molecule has 326 valence electrons. The zero-order chi connectivity index (χ0) is 44.4. The fraction of sp³-hybridized carbons (Fsp3) is 0.354. The molecule has 0 saturated carbocycles. The number of anilines is 1. The molecule has 0 radical (unpaired) electrons. The number of ether oxygens (including phenoxy) is 5. The van der Waals surface area contributed by atoms with E-state index in [-0.39, 0.29) is 49.2 Å². The number of amides is 1. The maximum Gasteiger partial charge on any atom is 0.256 e. The lowest BCUT2D eigenvalue weighted by Gasteiger charge is -2.45. The van der Waals surface area contributed by atoms with Crippen LogP contribution in [0.1, 0.15) is 67.4 Å². The molecule has 0 aliphatic carbocycles. The summed E-state index contributed by atoms with van der Waals surface area (Å²) in [6.07, 6.45) is 1.56. The summed E-state index contributed by atoms with van der Waals surface area (Å²) >= 11 is 0. The number of aromatic nitrogens is 4. The second-order valence-corrected chi connectivity index (χ2v) is 20.3. The van der Waals surface area contributed by atoms with Crippen molar-refractivity contribution in [2.24, 2.45) is 0 Å². The quantitative estimate of drug-likeness (QED) is 0.0689. The summed E-state index contributed by atoms with van der Waals surface area (Å²) in [5.74, 6) is 1.27. The summed E-state index contributed by atoms with van der Waals surface area (Å²) in [5, 5.41) is 12.9. The number of carbonyl (C=O) groups excluding carboxylic acids is 1.